The highest BCUT2D eigenvalue weighted by Crippen LogP contribution is 2.23. The van der Waals surface area contributed by atoms with Gasteiger partial charge in [-0.3, -0.25) is 9.59 Å². The Morgan fingerprint density at radius 2 is 2.05 bits per heavy atom. The van der Waals surface area contributed by atoms with Crippen LogP contribution in [-0.4, -0.2) is 17.5 Å². The molecule has 0 radical (unpaired) electrons. The van der Waals surface area contributed by atoms with E-state index in [1.54, 1.807) is 25.1 Å². The first-order valence-corrected chi connectivity index (χ1v) is 6.78. The Balaban J connectivity index is 1.99. The molecule has 1 aromatic rings. The van der Waals surface area contributed by atoms with Gasteiger partial charge < -0.3 is 5.32 Å². The molecule has 0 fully saturated rings. The van der Waals surface area contributed by atoms with Gasteiger partial charge in [0, 0.05) is 27.9 Å². The van der Waals surface area contributed by atoms with Gasteiger partial charge >= 0.3 is 0 Å². The second-order valence-corrected chi connectivity index (χ2v) is 5.51. The van der Waals surface area contributed by atoms with E-state index in [9.17, 15) is 9.59 Å². The van der Waals surface area contributed by atoms with E-state index in [-0.39, 0.29) is 18.2 Å². The van der Waals surface area contributed by atoms with Crippen molar-refractivity contribution in [2.45, 2.75) is 19.8 Å². The van der Waals surface area contributed by atoms with Crippen molar-refractivity contribution in [1.29, 1.82) is 0 Å². The molecule has 0 saturated heterocycles. The maximum Gasteiger partial charge on any atom is 0.244 e. The van der Waals surface area contributed by atoms with Crippen LogP contribution in [-0.2, 0) is 9.59 Å². The van der Waals surface area contributed by atoms with Gasteiger partial charge in [-0.1, -0.05) is 23.2 Å². The minimum absolute atomic E-state index is 0.0861. The molecule has 7 heteroatoms. The zero-order valence-corrected chi connectivity index (χ0v) is 12.3. The average molecular weight is 314 g/mol. The summed E-state index contributed by atoms with van der Waals surface area (Å²) < 4.78 is 0. The van der Waals surface area contributed by atoms with E-state index in [2.05, 4.69) is 15.8 Å². The number of carbonyl (C=O) groups excluding carboxylic acids is 2. The van der Waals surface area contributed by atoms with E-state index in [0.717, 1.165) is 5.71 Å². The topological polar surface area (TPSA) is 70.6 Å². The molecule has 0 aromatic heterocycles. The molecule has 0 saturated carbocycles. The Morgan fingerprint density at radius 1 is 1.40 bits per heavy atom. The number of hydrazone groups is 1. The Labute approximate surface area is 126 Å². The average Bonchev–Trinajstić information content (AvgIpc) is 2.32. The first-order valence-electron chi connectivity index (χ1n) is 6.03. The third kappa shape index (κ3) is 3.95. The quantitative estimate of drug-likeness (QED) is 0.900. The minimum atomic E-state index is -0.401. The summed E-state index contributed by atoms with van der Waals surface area (Å²) in [6.45, 7) is 1.81. The Hall–Kier alpha value is -1.59. The predicted octanol–water partition coefficient (Wildman–Crippen LogP) is 2.83. The normalized spacial score (nSPS) is 18.2. The fraction of sp³-hybridized carbons (Fsp3) is 0.308. The number of carbonyl (C=O) groups is 2. The van der Waals surface area contributed by atoms with E-state index in [1.807, 2.05) is 0 Å². The molecular weight excluding hydrogens is 301 g/mol. The molecule has 106 valence electrons. The van der Waals surface area contributed by atoms with Crippen molar-refractivity contribution < 1.29 is 9.59 Å². The van der Waals surface area contributed by atoms with Gasteiger partial charge in [0.2, 0.25) is 11.8 Å². The van der Waals surface area contributed by atoms with Crippen molar-refractivity contribution in [2.75, 3.05) is 5.32 Å². The van der Waals surface area contributed by atoms with Gasteiger partial charge in [-0.25, -0.2) is 5.43 Å². The molecule has 2 rings (SSSR count). The molecule has 2 amide bonds. The molecule has 1 atom stereocenters. The second kappa shape index (κ2) is 6.24. The summed E-state index contributed by atoms with van der Waals surface area (Å²) in [5, 5.41) is 7.38. The molecular formula is C13H13Cl2N3O2. The lowest BCUT2D eigenvalue weighted by molar-refractivity contribution is -0.128. The van der Waals surface area contributed by atoms with E-state index in [4.69, 9.17) is 23.2 Å². The third-order valence-electron chi connectivity index (χ3n) is 2.85. The Kier molecular flexibility index (Phi) is 4.62. The Morgan fingerprint density at radius 3 is 2.70 bits per heavy atom. The molecule has 0 bridgehead atoms. The highest BCUT2D eigenvalue weighted by molar-refractivity contribution is 6.35. The van der Waals surface area contributed by atoms with Crippen LogP contribution in [0, 0.1) is 5.92 Å². The molecule has 20 heavy (non-hydrogen) atoms. The monoisotopic (exact) mass is 313 g/mol. The number of halogens is 2. The number of nitrogens with one attached hydrogen (secondary N) is 2. The van der Waals surface area contributed by atoms with Gasteiger partial charge in [-0.2, -0.15) is 5.10 Å². The fourth-order valence-corrected chi connectivity index (χ4v) is 2.49. The summed E-state index contributed by atoms with van der Waals surface area (Å²) in [5.74, 6) is -0.907. The second-order valence-electron chi connectivity index (χ2n) is 4.63. The Bertz CT molecular complexity index is 567. The molecule has 1 heterocycles. The lowest BCUT2D eigenvalue weighted by Crippen LogP contribution is -2.35. The maximum absolute atomic E-state index is 11.9. The van der Waals surface area contributed by atoms with E-state index < -0.39 is 5.92 Å². The van der Waals surface area contributed by atoms with Crippen molar-refractivity contribution in [1.82, 2.24) is 5.43 Å². The fourth-order valence-electron chi connectivity index (χ4n) is 1.96. The van der Waals surface area contributed by atoms with Crippen LogP contribution in [0.2, 0.25) is 10.0 Å². The molecule has 0 aliphatic carbocycles. The molecule has 1 unspecified atom stereocenters. The zero-order valence-electron chi connectivity index (χ0n) is 10.7. The van der Waals surface area contributed by atoms with Crippen molar-refractivity contribution >= 4 is 46.4 Å². The number of benzene rings is 1. The van der Waals surface area contributed by atoms with Gasteiger partial charge in [0.25, 0.3) is 0 Å². The van der Waals surface area contributed by atoms with Gasteiger partial charge in [0.1, 0.15) is 0 Å². The van der Waals surface area contributed by atoms with E-state index >= 15 is 0 Å². The number of amides is 2. The van der Waals surface area contributed by atoms with Crippen molar-refractivity contribution in [3.63, 3.8) is 0 Å². The molecule has 1 aliphatic rings. The first kappa shape index (κ1) is 14.8. The smallest absolute Gasteiger partial charge is 0.244 e. The number of hydrogen-bond donors (Lipinski definition) is 2. The van der Waals surface area contributed by atoms with Gasteiger partial charge in [0.05, 0.1) is 5.92 Å². The number of rotatable bonds is 3. The SMILES string of the molecule is CC1=NNC(=O)C(CC(=O)Nc2cc(Cl)cc(Cl)c2)C1. The molecule has 5 nitrogen and oxygen atoms in total. The summed E-state index contributed by atoms with van der Waals surface area (Å²) in [6.07, 6.45) is 0.568. The van der Waals surface area contributed by atoms with Gasteiger partial charge in [0.15, 0.2) is 0 Å². The lowest BCUT2D eigenvalue weighted by Gasteiger charge is -2.19. The van der Waals surface area contributed by atoms with Crippen LogP contribution >= 0.6 is 23.2 Å². The molecule has 1 aromatic carbocycles. The van der Waals surface area contributed by atoms with Gasteiger partial charge in [-0.15, -0.1) is 0 Å². The van der Waals surface area contributed by atoms with Crippen molar-refractivity contribution in [3.05, 3.63) is 28.2 Å². The first-order chi connectivity index (χ1) is 9.44. The van der Waals surface area contributed by atoms with Crippen molar-refractivity contribution in [3.8, 4) is 0 Å². The summed E-state index contributed by atoms with van der Waals surface area (Å²) in [6, 6.07) is 4.77. The minimum Gasteiger partial charge on any atom is -0.326 e. The molecule has 1 aliphatic heterocycles. The van der Waals surface area contributed by atoms with Crippen LogP contribution in [0.3, 0.4) is 0 Å². The largest absolute Gasteiger partial charge is 0.326 e. The van der Waals surface area contributed by atoms with Crippen LogP contribution in [0.4, 0.5) is 5.69 Å². The zero-order chi connectivity index (χ0) is 14.7. The standard InChI is InChI=1S/C13H13Cl2N3O2/c1-7-2-8(13(20)18-17-7)3-12(19)16-11-5-9(14)4-10(15)6-11/h4-6,8H,2-3H2,1H3,(H,16,19)(H,18,20). The van der Waals surface area contributed by atoms with Crippen LogP contribution < -0.4 is 10.7 Å². The van der Waals surface area contributed by atoms with Crippen LogP contribution in [0.5, 0.6) is 0 Å². The number of anilines is 1. The van der Waals surface area contributed by atoms with Crippen LogP contribution in [0.1, 0.15) is 19.8 Å². The maximum atomic E-state index is 11.9. The van der Waals surface area contributed by atoms with Crippen LogP contribution in [0.15, 0.2) is 23.3 Å². The lowest BCUT2D eigenvalue weighted by atomic mass is 9.96. The summed E-state index contributed by atoms with van der Waals surface area (Å²) in [5.41, 5.74) is 3.70. The molecule has 2 N–H and O–H groups in total. The van der Waals surface area contributed by atoms with Crippen LogP contribution in [0.25, 0.3) is 0 Å². The van der Waals surface area contributed by atoms with E-state index in [0.29, 0.717) is 22.2 Å². The summed E-state index contributed by atoms with van der Waals surface area (Å²) in [7, 11) is 0. The number of nitrogens with zero attached hydrogens (tertiary/aromatic N) is 1. The van der Waals surface area contributed by atoms with E-state index in [1.165, 1.54) is 0 Å². The highest BCUT2D eigenvalue weighted by Gasteiger charge is 2.25. The van der Waals surface area contributed by atoms with Crippen molar-refractivity contribution in [2.24, 2.45) is 11.0 Å². The summed E-state index contributed by atoms with van der Waals surface area (Å²) in [4.78, 5) is 23.5. The third-order valence-corrected chi connectivity index (χ3v) is 3.28. The number of hydrogen-bond acceptors (Lipinski definition) is 3. The van der Waals surface area contributed by atoms with Gasteiger partial charge in [-0.05, 0) is 31.5 Å². The summed E-state index contributed by atoms with van der Waals surface area (Å²) >= 11 is 11.7. The molecule has 0 spiro atoms. The predicted molar refractivity (Wildman–Crippen MR) is 79.1 cm³/mol. The highest BCUT2D eigenvalue weighted by atomic mass is 35.5.